The van der Waals surface area contributed by atoms with Crippen molar-refractivity contribution in [1.82, 2.24) is 0 Å². The van der Waals surface area contributed by atoms with Crippen LogP contribution in [0, 0.1) is 0 Å². The summed E-state index contributed by atoms with van der Waals surface area (Å²) in [6.45, 7) is 0.535. The Morgan fingerprint density at radius 2 is 2.11 bits per heavy atom. The van der Waals surface area contributed by atoms with Gasteiger partial charge in [0.25, 0.3) is 5.76 Å². The summed E-state index contributed by atoms with van der Waals surface area (Å²) in [5, 5.41) is 0. The minimum atomic E-state index is -2.50. The first-order chi connectivity index (χ1) is 8.59. The fraction of sp³-hybridized carbons (Fsp3) is 0.417. The van der Waals surface area contributed by atoms with E-state index >= 15 is 0 Å². The summed E-state index contributed by atoms with van der Waals surface area (Å²) in [6.07, 6.45) is 1.44. The highest BCUT2D eigenvalue weighted by atomic mass is 32.2. The largest absolute Gasteiger partial charge is 0.320 e. The Bertz CT molecular complexity index is 442. The number of rotatable bonds is 3. The quantitative estimate of drug-likeness (QED) is 0.860. The van der Waals surface area contributed by atoms with E-state index in [0.29, 0.717) is 35.3 Å². The molecule has 1 amide bonds. The van der Waals surface area contributed by atoms with Gasteiger partial charge < -0.3 is 10.6 Å². The number of anilines is 1. The van der Waals surface area contributed by atoms with Gasteiger partial charge in [0.05, 0.1) is 11.7 Å². The number of nitrogens with zero attached hydrogens (tertiary/aromatic N) is 1. The maximum atomic E-state index is 12.5. The smallest absolute Gasteiger partial charge is 0.288 e. The van der Waals surface area contributed by atoms with Crippen molar-refractivity contribution in [2.75, 3.05) is 11.4 Å². The summed E-state index contributed by atoms with van der Waals surface area (Å²) in [4.78, 5) is 13.9. The van der Waals surface area contributed by atoms with Crippen LogP contribution < -0.4 is 10.6 Å². The second kappa shape index (κ2) is 5.67. The molecule has 18 heavy (non-hydrogen) atoms. The zero-order valence-corrected chi connectivity index (χ0v) is 10.5. The Kier molecular flexibility index (Phi) is 4.19. The lowest BCUT2D eigenvalue weighted by molar-refractivity contribution is -0.120. The van der Waals surface area contributed by atoms with Gasteiger partial charge in [-0.05, 0) is 25.0 Å². The average Bonchev–Trinajstić information content (AvgIpc) is 2.33. The molecule has 2 rings (SSSR count). The molecule has 6 heteroatoms. The average molecular weight is 272 g/mol. The lowest BCUT2D eigenvalue weighted by atomic mass is 10.0. The number of hydrogen-bond acceptors (Lipinski definition) is 3. The van der Waals surface area contributed by atoms with Crippen LogP contribution in [0.15, 0.2) is 29.2 Å². The fourth-order valence-corrected chi connectivity index (χ4v) is 2.67. The van der Waals surface area contributed by atoms with E-state index in [1.165, 1.54) is 4.90 Å². The summed E-state index contributed by atoms with van der Waals surface area (Å²) in [7, 11) is 0. The van der Waals surface area contributed by atoms with Crippen molar-refractivity contribution < 1.29 is 13.6 Å². The second-order valence-electron chi connectivity index (χ2n) is 4.08. The number of hydrogen-bond donors (Lipinski definition) is 1. The highest BCUT2D eigenvalue weighted by Gasteiger charge is 2.28. The minimum Gasteiger partial charge on any atom is -0.320 e. The summed E-state index contributed by atoms with van der Waals surface area (Å²) < 4.78 is 25.0. The molecule has 1 aromatic rings. The molecule has 1 aromatic carbocycles. The molecule has 2 N–H and O–H groups in total. The number of thioether (sulfide) groups is 1. The van der Waals surface area contributed by atoms with E-state index < -0.39 is 11.8 Å². The number of carbonyl (C=O) groups excluding carboxylic acids is 1. The number of piperidine rings is 1. The topological polar surface area (TPSA) is 46.3 Å². The standard InChI is InChI=1S/C12H14F2N2OS/c13-12(14)18-10-6-2-1-5-9(10)16-7-3-4-8(15)11(16)17/h1-2,5-6,8,12H,3-4,7,15H2. The van der Waals surface area contributed by atoms with Gasteiger partial charge in [-0.1, -0.05) is 23.9 Å². The highest BCUT2D eigenvalue weighted by molar-refractivity contribution is 7.99. The van der Waals surface area contributed by atoms with Crippen LogP contribution in [0.5, 0.6) is 0 Å². The molecule has 1 fully saturated rings. The predicted molar refractivity (Wildman–Crippen MR) is 67.9 cm³/mol. The number of halogens is 2. The van der Waals surface area contributed by atoms with E-state index in [9.17, 15) is 13.6 Å². The van der Waals surface area contributed by atoms with Gasteiger partial charge in [-0.15, -0.1) is 0 Å². The Balaban J connectivity index is 2.29. The number of alkyl halides is 2. The molecule has 0 spiro atoms. The number of benzene rings is 1. The third-order valence-corrected chi connectivity index (χ3v) is 3.63. The van der Waals surface area contributed by atoms with Gasteiger partial charge in [-0.3, -0.25) is 4.79 Å². The van der Waals surface area contributed by atoms with Crippen LogP contribution in [0.25, 0.3) is 0 Å². The van der Waals surface area contributed by atoms with Crippen LogP contribution in [0.4, 0.5) is 14.5 Å². The lowest BCUT2D eigenvalue weighted by Gasteiger charge is -2.31. The zero-order valence-electron chi connectivity index (χ0n) is 9.68. The van der Waals surface area contributed by atoms with Crippen molar-refractivity contribution in [2.45, 2.75) is 29.5 Å². The molecule has 1 aliphatic heterocycles. The van der Waals surface area contributed by atoms with E-state index in [1.54, 1.807) is 24.3 Å². The van der Waals surface area contributed by atoms with Gasteiger partial charge in [0, 0.05) is 11.4 Å². The van der Waals surface area contributed by atoms with E-state index in [2.05, 4.69) is 0 Å². The molecular formula is C12H14F2N2OS. The summed E-state index contributed by atoms with van der Waals surface area (Å²) in [5.41, 5.74) is 6.24. The van der Waals surface area contributed by atoms with Crippen LogP contribution in [-0.4, -0.2) is 24.3 Å². The van der Waals surface area contributed by atoms with E-state index in [4.69, 9.17) is 5.73 Å². The third-order valence-electron chi connectivity index (χ3n) is 2.85. The molecule has 0 radical (unpaired) electrons. The van der Waals surface area contributed by atoms with Crippen LogP contribution in [0.3, 0.4) is 0 Å². The predicted octanol–water partition coefficient (Wildman–Crippen LogP) is 2.46. The Hall–Kier alpha value is -1.14. The molecule has 0 aromatic heterocycles. The van der Waals surface area contributed by atoms with Crippen LogP contribution in [0.1, 0.15) is 12.8 Å². The molecule has 1 unspecified atom stereocenters. The van der Waals surface area contributed by atoms with Gasteiger partial charge >= 0.3 is 0 Å². The van der Waals surface area contributed by atoms with Crippen LogP contribution in [0.2, 0.25) is 0 Å². The van der Waals surface area contributed by atoms with Crippen molar-refractivity contribution in [3.8, 4) is 0 Å². The fourth-order valence-electron chi connectivity index (χ4n) is 2.02. The molecule has 1 heterocycles. The minimum absolute atomic E-state index is 0.191. The Labute approximate surface area is 108 Å². The molecule has 0 saturated carbocycles. The van der Waals surface area contributed by atoms with Gasteiger partial charge in [-0.25, -0.2) is 0 Å². The lowest BCUT2D eigenvalue weighted by Crippen LogP contribution is -2.48. The van der Waals surface area contributed by atoms with Crippen molar-refractivity contribution in [3.63, 3.8) is 0 Å². The summed E-state index contributed by atoms with van der Waals surface area (Å²) in [5.74, 6) is -2.69. The van der Waals surface area contributed by atoms with E-state index in [-0.39, 0.29) is 5.91 Å². The first-order valence-corrected chi connectivity index (χ1v) is 6.58. The molecule has 3 nitrogen and oxygen atoms in total. The second-order valence-corrected chi connectivity index (χ2v) is 5.12. The number of carbonyl (C=O) groups is 1. The summed E-state index contributed by atoms with van der Waals surface area (Å²) in [6, 6.07) is 6.17. The summed E-state index contributed by atoms with van der Waals surface area (Å²) >= 11 is 0.454. The SMILES string of the molecule is NC1CCCN(c2ccccc2SC(F)F)C1=O. The molecule has 1 aliphatic rings. The Morgan fingerprint density at radius 3 is 2.83 bits per heavy atom. The zero-order chi connectivity index (χ0) is 13.1. The highest BCUT2D eigenvalue weighted by Crippen LogP contribution is 2.35. The Morgan fingerprint density at radius 1 is 1.39 bits per heavy atom. The molecule has 98 valence electrons. The third kappa shape index (κ3) is 2.81. The molecule has 1 saturated heterocycles. The molecule has 0 bridgehead atoms. The maximum Gasteiger partial charge on any atom is 0.288 e. The van der Waals surface area contributed by atoms with Crippen molar-refractivity contribution in [1.29, 1.82) is 0 Å². The van der Waals surface area contributed by atoms with Crippen molar-refractivity contribution >= 4 is 23.4 Å². The number of nitrogens with two attached hydrogens (primary N) is 1. The monoisotopic (exact) mass is 272 g/mol. The normalized spacial score (nSPS) is 20.6. The van der Waals surface area contributed by atoms with Gasteiger partial charge in [0.2, 0.25) is 5.91 Å². The van der Waals surface area contributed by atoms with Gasteiger partial charge in [-0.2, -0.15) is 8.78 Å². The van der Waals surface area contributed by atoms with Gasteiger partial charge in [0.1, 0.15) is 0 Å². The number of para-hydroxylation sites is 1. The number of amides is 1. The van der Waals surface area contributed by atoms with Crippen molar-refractivity contribution in [2.24, 2.45) is 5.73 Å². The van der Waals surface area contributed by atoms with Gasteiger partial charge in [0.15, 0.2) is 0 Å². The first kappa shape index (κ1) is 13.3. The molecule has 1 atom stereocenters. The van der Waals surface area contributed by atoms with Crippen LogP contribution in [-0.2, 0) is 4.79 Å². The molecular weight excluding hydrogens is 258 g/mol. The maximum absolute atomic E-state index is 12.5. The van der Waals surface area contributed by atoms with E-state index in [0.717, 1.165) is 6.42 Å². The van der Waals surface area contributed by atoms with Crippen molar-refractivity contribution in [3.05, 3.63) is 24.3 Å². The van der Waals surface area contributed by atoms with Crippen LogP contribution >= 0.6 is 11.8 Å². The molecule has 0 aliphatic carbocycles. The first-order valence-electron chi connectivity index (χ1n) is 5.70. The van der Waals surface area contributed by atoms with E-state index in [1.807, 2.05) is 0 Å².